The van der Waals surface area contributed by atoms with Crippen molar-refractivity contribution in [2.24, 2.45) is 0 Å². The predicted octanol–water partition coefficient (Wildman–Crippen LogP) is 1.76. The van der Waals surface area contributed by atoms with Crippen molar-refractivity contribution < 1.29 is 14.6 Å². The van der Waals surface area contributed by atoms with Crippen LogP contribution < -0.4 is 0 Å². The number of rotatable bonds is 5. The number of unbranched alkanes of at least 4 members (excludes halogenated alkanes) is 3. The van der Waals surface area contributed by atoms with E-state index in [-0.39, 0.29) is 6.61 Å². The Kier molecular flexibility index (Phi) is 6.10. The van der Waals surface area contributed by atoms with Crippen LogP contribution in [0, 0.1) is 11.3 Å². The van der Waals surface area contributed by atoms with E-state index in [9.17, 15) is 4.79 Å². The molecule has 4 nitrogen and oxygen atoms in total. The third kappa shape index (κ3) is 8.76. The summed E-state index contributed by atoms with van der Waals surface area (Å²) in [4.78, 5) is 9.81. The molecule has 0 heterocycles. The Labute approximate surface area is 65.4 Å². The van der Waals surface area contributed by atoms with Crippen LogP contribution in [0.2, 0.25) is 0 Å². The van der Waals surface area contributed by atoms with Gasteiger partial charge in [-0.25, -0.2) is 4.79 Å². The van der Waals surface area contributed by atoms with Gasteiger partial charge in [-0.3, -0.25) is 0 Å². The first-order valence-electron chi connectivity index (χ1n) is 3.50. The van der Waals surface area contributed by atoms with Gasteiger partial charge < -0.3 is 9.84 Å². The van der Waals surface area contributed by atoms with Gasteiger partial charge in [0.15, 0.2) is 0 Å². The van der Waals surface area contributed by atoms with E-state index >= 15 is 0 Å². The molecule has 0 rings (SSSR count). The maximum Gasteiger partial charge on any atom is 0.505 e. The van der Waals surface area contributed by atoms with E-state index in [2.05, 4.69) is 4.74 Å². The van der Waals surface area contributed by atoms with Gasteiger partial charge in [-0.05, 0) is 19.3 Å². The van der Waals surface area contributed by atoms with E-state index in [0.717, 1.165) is 12.8 Å². The standard InChI is InChI=1S/C7H11NO3/c8-5-3-1-2-4-6-11-7(9)10/h1-4,6H2,(H,9,10). The summed E-state index contributed by atoms with van der Waals surface area (Å²) in [5.74, 6) is 0. The van der Waals surface area contributed by atoms with Crippen molar-refractivity contribution in [2.75, 3.05) is 6.61 Å². The minimum atomic E-state index is -1.23. The number of ether oxygens (including phenoxy) is 1. The number of nitriles is 1. The van der Waals surface area contributed by atoms with Gasteiger partial charge in [0.25, 0.3) is 0 Å². The van der Waals surface area contributed by atoms with Gasteiger partial charge in [-0.2, -0.15) is 5.26 Å². The van der Waals surface area contributed by atoms with Crippen molar-refractivity contribution in [3.63, 3.8) is 0 Å². The van der Waals surface area contributed by atoms with Gasteiger partial charge in [0.05, 0.1) is 12.7 Å². The van der Waals surface area contributed by atoms with Gasteiger partial charge in [-0.1, -0.05) is 0 Å². The van der Waals surface area contributed by atoms with E-state index in [1.54, 1.807) is 0 Å². The molecule has 0 bridgehead atoms. The molecule has 62 valence electrons. The second kappa shape index (κ2) is 6.87. The lowest BCUT2D eigenvalue weighted by Gasteiger charge is -1.97. The Morgan fingerprint density at radius 2 is 2.18 bits per heavy atom. The first-order chi connectivity index (χ1) is 5.27. The zero-order valence-electron chi connectivity index (χ0n) is 6.25. The van der Waals surface area contributed by atoms with Crippen LogP contribution in [-0.4, -0.2) is 17.9 Å². The van der Waals surface area contributed by atoms with Crippen molar-refractivity contribution in [1.29, 1.82) is 5.26 Å². The Balaban J connectivity index is 2.92. The molecule has 0 amide bonds. The SMILES string of the molecule is N#CCCCCCOC(=O)O. The second-order valence-corrected chi connectivity index (χ2v) is 2.08. The summed E-state index contributed by atoms with van der Waals surface area (Å²) < 4.78 is 4.26. The summed E-state index contributed by atoms with van der Waals surface area (Å²) in [6, 6.07) is 2.01. The molecule has 0 aromatic heterocycles. The monoisotopic (exact) mass is 157 g/mol. The fourth-order valence-corrected chi connectivity index (χ4v) is 0.642. The quantitative estimate of drug-likeness (QED) is 0.487. The van der Waals surface area contributed by atoms with Gasteiger partial charge in [0.1, 0.15) is 0 Å². The van der Waals surface area contributed by atoms with E-state index < -0.39 is 6.16 Å². The largest absolute Gasteiger partial charge is 0.505 e. The number of carboxylic acid groups (broad SMARTS) is 1. The Bertz CT molecular complexity index is 150. The number of carbonyl (C=O) groups is 1. The Morgan fingerprint density at radius 3 is 2.73 bits per heavy atom. The van der Waals surface area contributed by atoms with Crippen LogP contribution in [0.25, 0.3) is 0 Å². The van der Waals surface area contributed by atoms with Crippen molar-refractivity contribution >= 4 is 6.16 Å². The molecule has 0 aliphatic heterocycles. The Morgan fingerprint density at radius 1 is 1.45 bits per heavy atom. The van der Waals surface area contributed by atoms with Crippen LogP contribution >= 0.6 is 0 Å². The number of nitrogens with zero attached hydrogens (tertiary/aromatic N) is 1. The van der Waals surface area contributed by atoms with E-state index in [1.165, 1.54) is 0 Å². The maximum absolute atomic E-state index is 9.81. The summed E-state index contributed by atoms with van der Waals surface area (Å²) in [6.07, 6.45) is 1.67. The normalized spacial score (nSPS) is 8.64. The first-order valence-corrected chi connectivity index (χ1v) is 3.50. The summed E-state index contributed by atoms with van der Waals surface area (Å²) in [7, 11) is 0. The van der Waals surface area contributed by atoms with E-state index in [0.29, 0.717) is 12.8 Å². The van der Waals surface area contributed by atoms with E-state index in [1.807, 2.05) is 6.07 Å². The lowest BCUT2D eigenvalue weighted by atomic mass is 10.2. The molecule has 0 saturated heterocycles. The molecule has 0 aromatic carbocycles. The van der Waals surface area contributed by atoms with Gasteiger partial charge in [0, 0.05) is 6.42 Å². The van der Waals surface area contributed by atoms with Crippen molar-refractivity contribution in [1.82, 2.24) is 0 Å². The third-order valence-electron chi connectivity index (χ3n) is 1.16. The smallest absolute Gasteiger partial charge is 0.450 e. The maximum atomic E-state index is 9.81. The average molecular weight is 157 g/mol. The number of hydrogen-bond donors (Lipinski definition) is 1. The molecular weight excluding hydrogens is 146 g/mol. The highest BCUT2D eigenvalue weighted by Crippen LogP contribution is 1.98. The lowest BCUT2D eigenvalue weighted by Crippen LogP contribution is -2.01. The molecule has 0 unspecified atom stereocenters. The van der Waals surface area contributed by atoms with Crippen molar-refractivity contribution in [3.8, 4) is 6.07 Å². The highest BCUT2D eigenvalue weighted by molar-refractivity contribution is 5.56. The molecule has 0 saturated carbocycles. The van der Waals surface area contributed by atoms with Gasteiger partial charge >= 0.3 is 6.16 Å². The van der Waals surface area contributed by atoms with Crippen LogP contribution in [-0.2, 0) is 4.74 Å². The Hall–Kier alpha value is -1.24. The van der Waals surface area contributed by atoms with E-state index in [4.69, 9.17) is 10.4 Å². The molecule has 4 heteroatoms. The summed E-state index contributed by atoms with van der Waals surface area (Å²) >= 11 is 0. The molecule has 0 aliphatic rings. The summed E-state index contributed by atoms with van der Waals surface area (Å²) in [5, 5.41) is 16.2. The molecule has 0 aliphatic carbocycles. The molecule has 0 radical (unpaired) electrons. The molecule has 0 fully saturated rings. The van der Waals surface area contributed by atoms with Crippen LogP contribution in [0.4, 0.5) is 4.79 Å². The van der Waals surface area contributed by atoms with Crippen molar-refractivity contribution in [3.05, 3.63) is 0 Å². The predicted molar refractivity (Wildman–Crippen MR) is 38.1 cm³/mol. The fourth-order valence-electron chi connectivity index (χ4n) is 0.642. The molecular formula is C7H11NO3. The third-order valence-corrected chi connectivity index (χ3v) is 1.16. The summed E-state index contributed by atoms with van der Waals surface area (Å²) in [5.41, 5.74) is 0. The van der Waals surface area contributed by atoms with Crippen molar-refractivity contribution in [2.45, 2.75) is 25.7 Å². The minimum Gasteiger partial charge on any atom is -0.450 e. The molecule has 0 atom stereocenters. The molecule has 0 spiro atoms. The topological polar surface area (TPSA) is 70.3 Å². The molecule has 0 aromatic rings. The van der Waals surface area contributed by atoms with Crippen LogP contribution in [0.5, 0.6) is 0 Å². The average Bonchev–Trinajstić information content (AvgIpc) is 1.96. The zero-order chi connectivity index (χ0) is 8.53. The summed E-state index contributed by atoms with van der Waals surface area (Å²) in [6.45, 7) is 0.237. The first kappa shape index (κ1) is 9.76. The highest BCUT2D eigenvalue weighted by Gasteiger charge is 1.94. The zero-order valence-corrected chi connectivity index (χ0v) is 6.25. The minimum absolute atomic E-state index is 0.237. The molecule has 1 N–H and O–H groups in total. The van der Waals surface area contributed by atoms with Crippen LogP contribution in [0.15, 0.2) is 0 Å². The molecule has 11 heavy (non-hydrogen) atoms. The van der Waals surface area contributed by atoms with Crippen LogP contribution in [0.1, 0.15) is 25.7 Å². The second-order valence-electron chi connectivity index (χ2n) is 2.08. The lowest BCUT2D eigenvalue weighted by molar-refractivity contribution is 0.0900. The van der Waals surface area contributed by atoms with Gasteiger partial charge in [-0.15, -0.1) is 0 Å². The number of hydrogen-bond acceptors (Lipinski definition) is 3. The fraction of sp³-hybridized carbons (Fsp3) is 0.714. The van der Waals surface area contributed by atoms with Crippen LogP contribution in [0.3, 0.4) is 0 Å². The van der Waals surface area contributed by atoms with Gasteiger partial charge in [0.2, 0.25) is 0 Å². The highest BCUT2D eigenvalue weighted by atomic mass is 16.7.